The zero-order valence-corrected chi connectivity index (χ0v) is 14.5. The third-order valence-corrected chi connectivity index (χ3v) is 5.04. The Kier molecular flexibility index (Phi) is 3.94. The number of hydrogen-bond acceptors (Lipinski definition) is 4. The molecule has 4 nitrogen and oxygen atoms in total. The van der Waals surface area contributed by atoms with Crippen LogP contribution < -0.4 is 0 Å². The second kappa shape index (κ2) is 6.24. The van der Waals surface area contributed by atoms with E-state index in [-0.39, 0.29) is 0 Å². The number of hydrogen-bond donors (Lipinski definition) is 0. The number of aromatic nitrogens is 4. The van der Waals surface area contributed by atoms with E-state index < -0.39 is 0 Å². The van der Waals surface area contributed by atoms with Crippen LogP contribution in [0, 0.1) is 6.92 Å². The molecule has 5 heteroatoms. The van der Waals surface area contributed by atoms with Crippen LogP contribution >= 0.6 is 11.8 Å². The molecule has 0 N–H and O–H groups in total. The molecule has 0 aliphatic heterocycles. The van der Waals surface area contributed by atoms with Gasteiger partial charge in [-0.2, -0.15) is 0 Å². The maximum Gasteiger partial charge on any atom is 0.211 e. The number of benzene rings is 2. The molecule has 0 radical (unpaired) electrons. The summed E-state index contributed by atoms with van der Waals surface area (Å²) in [6, 6.07) is 16.8. The Bertz CT molecular complexity index is 1010. The maximum absolute atomic E-state index is 4.78. The molecule has 2 heterocycles. The monoisotopic (exact) mass is 334 g/mol. The van der Waals surface area contributed by atoms with E-state index in [9.17, 15) is 0 Å². The van der Waals surface area contributed by atoms with E-state index in [0.29, 0.717) is 0 Å². The van der Waals surface area contributed by atoms with Crippen LogP contribution in [-0.4, -0.2) is 19.7 Å². The quantitative estimate of drug-likeness (QED) is 0.512. The van der Waals surface area contributed by atoms with Gasteiger partial charge in [0.15, 0.2) is 5.65 Å². The average Bonchev–Trinajstić information content (AvgIpc) is 2.93. The highest BCUT2D eigenvalue weighted by atomic mass is 32.2. The topological polar surface area (TPSA) is 43.6 Å². The third kappa shape index (κ3) is 2.65. The maximum atomic E-state index is 4.78. The van der Waals surface area contributed by atoms with Crippen molar-refractivity contribution < 1.29 is 0 Å². The first-order chi connectivity index (χ1) is 11.8. The molecular formula is C19H18N4S. The van der Waals surface area contributed by atoms with Crippen LogP contribution in [0.15, 0.2) is 53.7 Å². The zero-order valence-electron chi connectivity index (χ0n) is 13.7. The lowest BCUT2D eigenvalue weighted by atomic mass is 10.2. The molecule has 0 spiro atoms. The summed E-state index contributed by atoms with van der Waals surface area (Å²) in [5.41, 5.74) is 5.47. The largest absolute Gasteiger partial charge is 0.324 e. The number of nitrogens with zero attached hydrogens (tertiary/aromatic N) is 4. The molecule has 0 aliphatic rings. The van der Waals surface area contributed by atoms with Crippen LogP contribution in [0.2, 0.25) is 0 Å². The van der Waals surface area contributed by atoms with Crippen molar-refractivity contribution in [3.63, 3.8) is 0 Å². The Morgan fingerprint density at radius 1 is 1.04 bits per heavy atom. The van der Waals surface area contributed by atoms with Gasteiger partial charge in [0.25, 0.3) is 0 Å². The van der Waals surface area contributed by atoms with Gasteiger partial charge in [0.2, 0.25) is 5.16 Å². The van der Waals surface area contributed by atoms with Gasteiger partial charge in [0, 0.05) is 17.7 Å². The molecule has 0 unspecified atom stereocenters. The van der Waals surface area contributed by atoms with Crippen molar-refractivity contribution in [1.82, 2.24) is 19.7 Å². The fourth-order valence-electron chi connectivity index (χ4n) is 2.96. The van der Waals surface area contributed by atoms with Gasteiger partial charge < -0.3 is 4.57 Å². The van der Waals surface area contributed by atoms with Crippen molar-refractivity contribution >= 4 is 33.8 Å². The second-order valence-corrected chi connectivity index (χ2v) is 6.75. The highest BCUT2D eigenvalue weighted by molar-refractivity contribution is 7.98. The van der Waals surface area contributed by atoms with Gasteiger partial charge in [-0.1, -0.05) is 53.7 Å². The lowest BCUT2D eigenvalue weighted by molar-refractivity contribution is 0.789. The van der Waals surface area contributed by atoms with Gasteiger partial charge in [-0.15, -0.1) is 10.2 Å². The molecule has 2 aromatic carbocycles. The van der Waals surface area contributed by atoms with Crippen LogP contribution in [0.1, 0.15) is 18.1 Å². The summed E-state index contributed by atoms with van der Waals surface area (Å²) in [7, 11) is 0. The van der Waals surface area contributed by atoms with Crippen molar-refractivity contribution in [2.75, 3.05) is 0 Å². The molecule has 0 saturated heterocycles. The molecule has 0 atom stereocenters. The number of fused-ring (bicyclic) bond motifs is 3. The first kappa shape index (κ1) is 15.1. The minimum atomic E-state index is 0.723. The molecule has 0 saturated carbocycles. The highest BCUT2D eigenvalue weighted by Gasteiger charge is 2.14. The molecule has 120 valence electrons. The average molecular weight is 334 g/mol. The molecule has 0 aliphatic carbocycles. The minimum absolute atomic E-state index is 0.723. The molecule has 0 bridgehead atoms. The van der Waals surface area contributed by atoms with Gasteiger partial charge in [-0.05, 0) is 31.5 Å². The SMILES string of the molecule is CCn1c2ccc(C)cc2c2nnc(SCc3ccccc3)nc21. The Balaban J connectivity index is 1.76. The van der Waals surface area contributed by atoms with Crippen LogP contribution in [0.3, 0.4) is 0 Å². The Morgan fingerprint density at radius 3 is 2.67 bits per heavy atom. The predicted molar refractivity (Wildman–Crippen MR) is 99.2 cm³/mol. The van der Waals surface area contributed by atoms with Gasteiger partial charge in [0.1, 0.15) is 5.52 Å². The van der Waals surface area contributed by atoms with E-state index >= 15 is 0 Å². The summed E-state index contributed by atoms with van der Waals surface area (Å²) in [5, 5.41) is 10.7. The predicted octanol–water partition coefficient (Wildman–Crippen LogP) is 4.60. The molecule has 24 heavy (non-hydrogen) atoms. The molecule has 0 amide bonds. The van der Waals surface area contributed by atoms with E-state index in [1.807, 2.05) is 6.07 Å². The lowest BCUT2D eigenvalue weighted by Gasteiger charge is -2.03. The number of thioether (sulfide) groups is 1. The molecular weight excluding hydrogens is 316 g/mol. The molecule has 0 fully saturated rings. The first-order valence-electron chi connectivity index (χ1n) is 8.06. The van der Waals surface area contributed by atoms with Crippen molar-refractivity contribution in [3.05, 3.63) is 59.7 Å². The number of aryl methyl sites for hydroxylation is 2. The molecule has 2 aromatic heterocycles. The summed E-state index contributed by atoms with van der Waals surface area (Å²) in [6.07, 6.45) is 0. The van der Waals surface area contributed by atoms with Gasteiger partial charge >= 0.3 is 0 Å². The smallest absolute Gasteiger partial charge is 0.211 e. The van der Waals surface area contributed by atoms with Crippen molar-refractivity contribution in [1.29, 1.82) is 0 Å². The standard InChI is InChI=1S/C19H18N4S/c1-3-23-16-10-9-13(2)11-15(16)17-18(23)20-19(22-21-17)24-12-14-7-5-4-6-8-14/h4-11H,3,12H2,1-2H3. The van der Waals surface area contributed by atoms with E-state index in [1.165, 1.54) is 16.6 Å². The van der Waals surface area contributed by atoms with Gasteiger partial charge in [0.05, 0.1) is 5.52 Å². The summed E-state index contributed by atoms with van der Waals surface area (Å²) in [6.45, 7) is 5.10. The van der Waals surface area contributed by atoms with E-state index in [2.05, 4.69) is 71.1 Å². The van der Waals surface area contributed by atoms with Crippen LogP contribution in [0.4, 0.5) is 0 Å². The normalized spacial score (nSPS) is 11.4. The number of rotatable bonds is 4. The van der Waals surface area contributed by atoms with Gasteiger partial charge in [-0.3, -0.25) is 0 Å². The molecule has 4 aromatic rings. The Labute approximate surface area is 144 Å². The summed E-state index contributed by atoms with van der Waals surface area (Å²) >= 11 is 1.62. The van der Waals surface area contributed by atoms with E-state index in [1.54, 1.807) is 11.8 Å². The van der Waals surface area contributed by atoms with E-state index in [4.69, 9.17) is 4.98 Å². The van der Waals surface area contributed by atoms with Crippen molar-refractivity contribution in [2.24, 2.45) is 0 Å². The fourth-order valence-corrected chi connectivity index (χ4v) is 3.70. The van der Waals surface area contributed by atoms with Crippen molar-refractivity contribution in [2.45, 2.75) is 31.3 Å². The first-order valence-corrected chi connectivity index (χ1v) is 9.05. The minimum Gasteiger partial charge on any atom is -0.324 e. The third-order valence-electron chi connectivity index (χ3n) is 4.13. The zero-order chi connectivity index (χ0) is 16.5. The Hall–Kier alpha value is -2.40. The van der Waals surface area contributed by atoms with Crippen molar-refractivity contribution in [3.8, 4) is 0 Å². The fraction of sp³-hybridized carbons (Fsp3) is 0.211. The summed E-state index contributed by atoms with van der Waals surface area (Å²) < 4.78 is 2.21. The van der Waals surface area contributed by atoms with E-state index in [0.717, 1.165) is 34.0 Å². The van der Waals surface area contributed by atoms with Gasteiger partial charge in [-0.25, -0.2) is 4.98 Å². The molecule has 4 rings (SSSR count). The Morgan fingerprint density at radius 2 is 1.88 bits per heavy atom. The van der Waals surface area contributed by atoms with Crippen LogP contribution in [0.5, 0.6) is 0 Å². The lowest BCUT2D eigenvalue weighted by Crippen LogP contribution is -1.98. The highest BCUT2D eigenvalue weighted by Crippen LogP contribution is 2.28. The second-order valence-electron chi connectivity index (χ2n) is 5.81. The summed E-state index contributed by atoms with van der Waals surface area (Å²) in [5.74, 6) is 0.847. The summed E-state index contributed by atoms with van der Waals surface area (Å²) in [4.78, 5) is 4.78. The van der Waals surface area contributed by atoms with Crippen LogP contribution in [-0.2, 0) is 12.3 Å². The van der Waals surface area contributed by atoms with Crippen LogP contribution in [0.25, 0.3) is 22.1 Å².